The normalized spacial score (nSPS) is 28.0. The number of nitrogens with zero attached hydrogens (tertiary/aromatic N) is 1. The van der Waals surface area contributed by atoms with Crippen molar-refractivity contribution in [1.82, 2.24) is 9.62 Å². The summed E-state index contributed by atoms with van der Waals surface area (Å²) in [6, 6.07) is 5.84. The zero-order valence-electron chi connectivity index (χ0n) is 19.2. The van der Waals surface area contributed by atoms with Crippen molar-refractivity contribution in [3.63, 3.8) is 0 Å². The molecule has 9 heteroatoms. The SMILES string of the molecule is C[C@@H]1CN(S(=O)(=O)c2cccc(C(=O)O[C@H](C)C(=O)N[C@@H]3CCCC[C@@H]3C)c2)C[C@H](C)O1. The van der Waals surface area contributed by atoms with Crippen molar-refractivity contribution in [2.24, 2.45) is 5.92 Å². The molecule has 5 atom stereocenters. The maximum absolute atomic E-state index is 13.1. The zero-order valence-corrected chi connectivity index (χ0v) is 20.1. The summed E-state index contributed by atoms with van der Waals surface area (Å²) < 4.78 is 38.5. The molecule has 1 aliphatic heterocycles. The average Bonchev–Trinajstić information content (AvgIpc) is 2.74. The Morgan fingerprint density at radius 2 is 1.78 bits per heavy atom. The number of hydrogen-bond acceptors (Lipinski definition) is 6. The second kappa shape index (κ2) is 10.3. The molecular formula is C23H34N2O6S. The number of carbonyl (C=O) groups is 2. The number of carbonyl (C=O) groups excluding carboxylic acids is 2. The van der Waals surface area contributed by atoms with Gasteiger partial charge in [-0.25, -0.2) is 13.2 Å². The van der Waals surface area contributed by atoms with E-state index in [1.807, 2.05) is 13.8 Å². The Hall–Kier alpha value is -1.97. The van der Waals surface area contributed by atoms with Gasteiger partial charge in [-0.1, -0.05) is 25.8 Å². The molecule has 0 spiro atoms. The summed E-state index contributed by atoms with van der Waals surface area (Å²) in [4.78, 5) is 25.2. The molecule has 1 amide bonds. The van der Waals surface area contributed by atoms with Gasteiger partial charge in [-0.3, -0.25) is 4.79 Å². The molecule has 1 saturated carbocycles. The van der Waals surface area contributed by atoms with Crippen LogP contribution in [-0.2, 0) is 24.3 Å². The predicted molar refractivity (Wildman–Crippen MR) is 120 cm³/mol. The molecule has 2 fully saturated rings. The Labute approximate surface area is 190 Å². The average molecular weight is 467 g/mol. The van der Waals surface area contributed by atoms with Crippen LogP contribution in [0.25, 0.3) is 0 Å². The first-order valence-electron chi connectivity index (χ1n) is 11.3. The summed E-state index contributed by atoms with van der Waals surface area (Å²) in [5.74, 6) is -0.676. The Balaban J connectivity index is 1.66. The van der Waals surface area contributed by atoms with Crippen molar-refractivity contribution in [1.29, 1.82) is 0 Å². The highest BCUT2D eigenvalue weighted by Crippen LogP contribution is 2.24. The molecule has 1 saturated heterocycles. The van der Waals surface area contributed by atoms with Gasteiger partial charge in [0.05, 0.1) is 22.7 Å². The number of nitrogens with one attached hydrogen (secondary N) is 1. The summed E-state index contributed by atoms with van der Waals surface area (Å²) in [7, 11) is -3.79. The fourth-order valence-corrected chi connectivity index (χ4v) is 6.01. The van der Waals surface area contributed by atoms with E-state index in [9.17, 15) is 18.0 Å². The van der Waals surface area contributed by atoms with Crippen LogP contribution in [0.3, 0.4) is 0 Å². The number of benzene rings is 1. The van der Waals surface area contributed by atoms with Crippen LogP contribution in [0, 0.1) is 5.92 Å². The van der Waals surface area contributed by atoms with Gasteiger partial charge in [0, 0.05) is 19.1 Å². The lowest BCUT2D eigenvalue weighted by molar-refractivity contribution is -0.130. The van der Waals surface area contributed by atoms with Crippen LogP contribution in [0.15, 0.2) is 29.2 Å². The van der Waals surface area contributed by atoms with Gasteiger partial charge >= 0.3 is 5.97 Å². The molecule has 32 heavy (non-hydrogen) atoms. The lowest BCUT2D eigenvalue weighted by Gasteiger charge is -2.34. The minimum absolute atomic E-state index is 0.0152. The third-order valence-corrected chi connectivity index (χ3v) is 8.01. The number of amides is 1. The maximum atomic E-state index is 13.1. The maximum Gasteiger partial charge on any atom is 0.338 e. The highest BCUT2D eigenvalue weighted by Gasteiger charge is 2.33. The third kappa shape index (κ3) is 5.88. The van der Waals surface area contributed by atoms with E-state index in [2.05, 4.69) is 12.2 Å². The topological polar surface area (TPSA) is 102 Å². The molecular weight excluding hydrogens is 432 g/mol. The van der Waals surface area contributed by atoms with E-state index in [1.165, 1.54) is 41.9 Å². The second-order valence-electron chi connectivity index (χ2n) is 9.03. The smallest absolute Gasteiger partial charge is 0.338 e. The molecule has 0 bridgehead atoms. The summed E-state index contributed by atoms with van der Waals surface area (Å²) in [5.41, 5.74) is 0.0890. The van der Waals surface area contributed by atoms with Gasteiger partial charge in [0.25, 0.3) is 5.91 Å². The summed E-state index contributed by atoms with van der Waals surface area (Å²) in [5, 5.41) is 2.98. The Morgan fingerprint density at radius 1 is 1.12 bits per heavy atom. The van der Waals surface area contributed by atoms with Gasteiger partial charge in [0.2, 0.25) is 10.0 Å². The van der Waals surface area contributed by atoms with Crippen molar-refractivity contribution in [2.75, 3.05) is 13.1 Å². The molecule has 1 aromatic rings. The van der Waals surface area contributed by atoms with Crippen molar-refractivity contribution in [2.45, 2.75) is 82.6 Å². The molecule has 178 valence electrons. The van der Waals surface area contributed by atoms with Crippen molar-refractivity contribution < 1.29 is 27.5 Å². The largest absolute Gasteiger partial charge is 0.449 e. The zero-order chi connectivity index (χ0) is 23.5. The van der Waals surface area contributed by atoms with Crippen LogP contribution in [0.2, 0.25) is 0 Å². The first-order chi connectivity index (χ1) is 15.1. The molecule has 0 unspecified atom stereocenters. The molecule has 0 aromatic heterocycles. The lowest BCUT2D eigenvalue weighted by atomic mass is 9.86. The minimum Gasteiger partial charge on any atom is -0.449 e. The van der Waals surface area contributed by atoms with Gasteiger partial charge in [-0.05, 0) is 57.7 Å². The highest BCUT2D eigenvalue weighted by molar-refractivity contribution is 7.89. The Morgan fingerprint density at radius 3 is 2.44 bits per heavy atom. The van der Waals surface area contributed by atoms with Gasteiger partial charge in [0.1, 0.15) is 0 Å². The van der Waals surface area contributed by atoms with E-state index in [1.54, 1.807) is 0 Å². The van der Waals surface area contributed by atoms with E-state index >= 15 is 0 Å². The first-order valence-corrected chi connectivity index (χ1v) is 12.8. The number of morpholine rings is 1. The van der Waals surface area contributed by atoms with Gasteiger partial charge < -0.3 is 14.8 Å². The molecule has 1 N–H and O–H groups in total. The molecule has 1 aromatic carbocycles. The fourth-order valence-electron chi connectivity index (χ4n) is 4.37. The lowest BCUT2D eigenvalue weighted by Crippen LogP contribution is -2.48. The van der Waals surface area contributed by atoms with Crippen molar-refractivity contribution in [3.05, 3.63) is 29.8 Å². The van der Waals surface area contributed by atoms with Gasteiger partial charge in [0.15, 0.2) is 6.10 Å². The molecule has 2 aliphatic rings. The molecule has 3 rings (SSSR count). The van der Waals surface area contributed by atoms with Gasteiger partial charge in [-0.2, -0.15) is 4.31 Å². The van der Waals surface area contributed by atoms with Crippen molar-refractivity contribution >= 4 is 21.9 Å². The van der Waals surface area contributed by atoms with Crippen LogP contribution < -0.4 is 5.32 Å². The number of sulfonamides is 1. The van der Waals surface area contributed by atoms with E-state index in [-0.39, 0.29) is 47.7 Å². The van der Waals surface area contributed by atoms with E-state index in [0.29, 0.717) is 5.92 Å². The highest BCUT2D eigenvalue weighted by atomic mass is 32.2. The minimum atomic E-state index is -3.79. The summed E-state index contributed by atoms with van der Waals surface area (Å²) in [6.45, 7) is 7.79. The van der Waals surface area contributed by atoms with Crippen LogP contribution >= 0.6 is 0 Å². The monoisotopic (exact) mass is 466 g/mol. The van der Waals surface area contributed by atoms with E-state index in [0.717, 1.165) is 19.3 Å². The number of hydrogen-bond donors (Lipinski definition) is 1. The molecule has 1 heterocycles. The number of esters is 1. The standard InChI is InChI=1S/C23H34N2O6S/c1-15-8-5-6-11-21(15)24-22(26)18(4)31-23(27)19-9-7-10-20(12-19)32(28,29)25-13-16(2)30-17(3)14-25/h7,9-10,12,15-18,21H,5-6,8,11,13-14H2,1-4H3,(H,24,26)/t15-,16-,17+,18+,21+/m0/s1. The van der Waals surface area contributed by atoms with E-state index < -0.39 is 22.1 Å². The first kappa shape index (κ1) is 24.7. The third-order valence-electron chi connectivity index (χ3n) is 6.19. The summed E-state index contributed by atoms with van der Waals surface area (Å²) >= 11 is 0. The van der Waals surface area contributed by atoms with Crippen LogP contribution in [0.5, 0.6) is 0 Å². The quantitative estimate of drug-likeness (QED) is 0.647. The van der Waals surface area contributed by atoms with E-state index in [4.69, 9.17) is 9.47 Å². The second-order valence-corrected chi connectivity index (χ2v) is 11.0. The van der Waals surface area contributed by atoms with Crippen LogP contribution in [0.1, 0.15) is 63.7 Å². The van der Waals surface area contributed by atoms with Crippen LogP contribution in [0.4, 0.5) is 0 Å². The van der Waals surface area contributed by atoms with Gasteiger partial charge in [-0.15, -0.1) is 0 Å². The van der Waals surface area contributed by atoms with Crippen molar-refractivity contribution in [3.8, 4) is 0 Å². The Bertz CT molecular complexity index is 924. The molecule has 1 aliphatic carbocycles. The fraction of sp³-hybridized carbons (Fsp3) is 0.652. The number of ether oxygens (including phenoxy) is 2. The van der Waals surface area contributed by atoms with Crippen LogP contribution in [-0.4, -0.2) is 62.0 Å². The summed E-state index contributed by atoms with van der Waals surface area (Å²) in [6.07, 6.45) is 2.83. The Kier molecular flexibility index (Phi) is 7.95. The molecule has 8 nitrogen and oxygen atoms in total. The predicted octanol–water partition coefficient (Wildman–Crippen LogP) is 2.72. The number of rotatable bonds is 6. The molecule has 0 radical (unpaired) electrons.